The highest BCUT2D eigenvalue weighted by molar-refractivity contribution is 7.99. The van der Waals surface area contributed by atoms with Gasteiger partial charge in [-0.1, -0.05) is 23.0 Å². The van der Waals surface area contributed by atoms with Gasteiger partial charge in [-0.3, -0.25) is 9.59 Å². The van der Waals surface area contributed by atoms with E-state index in [1.54, 1.807) is 31.4 Å². The second-order valence-corrected chi connectivity index (χ2v) is 8.93. The molecule has 0 fully saturated rings. The van der Waals surface area contributed by atoms with Crippen LogP contribution in [0.1, 0.15) is 46.9 Å². The molecule has 0 aliphatic heterocycles. The number of amides is 2. The maximum atomic E-state index is 12.3. The molecule has 30 heavy (non-hydrogen) atoms. The molecule has 0 saturated carbocycles. The number of thioether (sulfide) groups is 1. The van der Waals surface area contributed by atoms with Gasteiger partial charge in [0.1, 0.15) is 10.8 Å². The van der Waals surface area contributed by atoms with Gasteiger partial charge >= 0.3 is 0 Å². The summed E-state index contributed by atoms with van der Waals surface area (Å²) in [6.07, 6.45) is 8.12. The molecule has 7 nitrogen and oxygen atoms in total. The van der Waals surface area contributed by atoms with Crippen LogP contribution in [-0.4, -0.2) is 41.4 Å². The van der Waals surface area contributed by atoms with Gasteiger partial charge in [-0.2, -0.15) is 0 Å². The van der Waals surface area contributed by atoms with Crippen LogP contribution in [0.15, 0.2) is 35.9 Å². The van der Waals surface area contributed by atoms with E-state index in [4.69, 9.17) is 4.74 Å². The van der Waals surface area contributed by atoms with Crippen molar-refractivity contribution in [1.82, 2.24) is 15.5 Å². The molecule has 1 aromatic heterocycles. The highest BCUT2D eigenvalue weighted by atomic mass is 32.2. The van der Waals surface area contributed by atoms with E-state index in [0.717, 1.165) is 23.6 Å². The average molecular weight is 447 g/mol. The summed E-state index contributed by atoms with van der Waals surface area (Å²) in [6.45, 7) is 0.694. The van der Waals surface area contributed by atoms with E-state index >= 15 is 0 Å². The zero-order valence-corrected chi connectivity index (χ0v) is 18.6. The van der Waals surface area contributed by atoms with E-state index < -0.39 is 0 Å². The van der Waals surface area contributed by atoms with Crippen molar-refractivity contribution in [1.29, 1.82) is 0 Å². The second kappa shape index (κ2) is 11.7. The summed E-state index contributed by atoms with van der Waals surface area (Å²) >= 11 is 2.71. The Bertz CT molecular complexity index is 881. The summed E-state index contributed by atoms with van der Waals surface area (Å²) in [5, 5.41) is 14.8. The third kappa shape index (κ3) is 7.14. The minimum Gasteiger partial charge on any atom is -0.497 e. The normalized spacial score (nSPS) is 13.4. The minimum absolute atomic E-state index is 0.0263. The Kier molecular flexibility index (Phi) is 8.70. The zero-order valence-electron chi connectivity index (χ0n) is 17.0. The molecule has 1 aromatic carbocycles. The first-order chi connectivity index (χ1) is 14.6. The number of carbonyl (C=O) groups excluding carboxylic acids is 2. The van der Waals surface area contributed by atoms with Gasteiger partial charge in [-0.05, 0) is 56.4 Å². The van der Waals surface area contributed by atoms with Crippen LogP contribution in [0, 0.1) is 0 Å². The summed E-state index contributed by atoms with van der Waals surface area (Å²) < 4.78 is 5.10. The van der Waals surface area contributed by atoms with Crippen molar-refractivity contribution in [3.63, 3.8) is 0 Å². The molecule has 0 unspecified atom stereocenters. The van der Waals surface area contributed by atoms with Gasteiger partial charge in [0.2, 0.25) is 10.9 Å². The van der Waals surface area contributed by atoms with Crippen molar-refractivity contribution in [3.05, 3.63) is 45.9 Å². The van der Waals surface area contributed by atoms with Crippen LogP contribution in [0.2, 0.25) is 0 Å². The first kappa shape index (κ1) is 22.3. The fourth-order valence-corrected chi connectivity index (χ4v) is 4.68. The molecule has 9 heteroatoms. The third-order valence-electron chi connectivity index (χ3n) is 4.62. The van der Waals surface area contributed by atoms with Gasteiger partial charge in [0.05, 0.1) is 12.9 Å². The monoisotopic (exact) mass is 446 g/mol. The summed E-state index contributed by atoms with van der Waals surface area (Å²) in [4.78, 5) is 24.3. The van der Waals surface area contributed by atoms with Crippen LogP contribution in [0.5, 0.6) is 5.75 Å². The lowest BCUT2D eigenvalue weighted by Gasteiger charge is -2.12. The number of ether oxygens (including phenoxy) is 1. The number of hydrogen-bond donors (Lipinski definition) is 2. The average Bonchev–Trinajstić information content (AvgIpc) is 3.24. The van der Waals surface area contributed by atoms with E-state index in [0.29, 0.717) is 28.7 Å². The number of carbonyl (C=O) groups is 2. The molecule has 0 saturated heterocycles. The Labute approximate surface area is 184 Å². The summed E-state index contributed by atoms with van der Waals surface area (Å²) in [6, 6.07) is 7.07. The van der Waals surface area contributed by atoms with Crippen molar-refractivity contribution in [2.75, 3.05) is 24.7 Å². The lowest BCUT2D eigenvalue weighted by molar-refractivity contribution is -0.118. The van der Waals surface area contributed by atoms with Gasteiger partial charge < -0.3 is 15.4 Å². The number of nitrogens with one attached hydrogen (secondary N) is 2. The fourth-order valence-electron chi connectivity index (χ4n) is 3.04. The molecule has 0 spiro atoms. The van der Waals surface area contributed by atoms with Gasteiger partial charge in [0.25, 0.3) is 5.91 Å². The first-order valence-corrected chi connectivity index (χ1v) is 11.9. The van der Waals surface area contributed by atoms with Crippen molar-refractivity contribution >= 4 is 40.6 Å². The number of rotatable bonds is 10. The number of nitrogens with zero attached hydrogens (tertiary/aromatic N) is 2. The number of methoxy groups -OCH3 is 1. The standard InChI is InChI=1S/C21H26N4O3S2/c1-28-17-9-7-16(8-10-17)23-20(27)21-25-24-19(30-21)14-29-13-18(26)22-12-11-15-5-3-2-4-6-15/h5,7-10H,2-4,6,11-14H2,1H3,(H,22,26)(H,23,27). The summed E-state index contributed by atoms with van der Waals surface area (Å²) in [7, 11) is 1.59. The molecule has 2 N–H and O–H groups in total. The SMILES string of the molecule is COc1ccc(NC(=O)c2nnc(CSCC(=O)NCCC3=CCCCC3)s2)cc1. The zero-order chi connectivity index (χ0) is 21.2. The first-order valence-electron chi connectivity index (χ1n) is 9.94. The predicted octanol–water partition coefficient (Wildman–Crippen LogP) is 4.04. The number of aromatic nitrogens is 2. The van der Waals surface area contributed by atoms with Crippen molar-refractivity contribution in [3.8, 4) is 5.75 Å². The lowest BCUT2D eigenvalue weighted by Crippen LogP contribution is -2.26. The van der Waals surface area contributed by atoms with E-state index in [1.807, 2.05) is 0 Å². The van der Waals surface area contributed by atoms with Gasteiger partial charge in [0, 0.05) is 18.0 Å². The Morgan fingerprint density at radius 3 is 2.77 bits per heavy atom. The lowest BCUT2D eigenvalue weighted by atomic mass is 9.97. The molecule has 160 valence electrons. The van der Waals surface area contributed by atoms with Crippen LogP contribution >= 0.6 is 23.1 Å². The molecule has 2 aromatic rings. The van der Waals surface area contributed by atoms with Crippen molar-refractivity contribution in [2.45, 2.75) is 37.9 Å². The van der Waals surface area contributed by atoms with Crippen molar-refractivity contribution < 1.29 is 14.3 Å². The highest BCUT2D eigenvalue weighted by Crippen LogP contribution is 2.20. The summed E-state index contributed by atoms with van der Waals surface area (Å²) in [5.74, 6) is 1.36. The maximum Gasteiger partial charge on any atom is 0.286 e. The third-order valence-corrected chi connectivity index (χ3v) is 6.67. The van der Waals surface area contributed by atoms with Crippen LogP contribution in [0.3, 0.4) is 0 Å². The fraction of sp³-hybridized carbons (Fsp3) is 0.429. The molecule has 0 atom stereocenters. The molecule has 0 bridgehead atoms. The Balaban J connectivity index is 1.35. The second-order valence-electron chi connectivity index (χ2n) is 6.88. The number of anilines is 1. The van der Waals surface area contributed by atoms with Gasteiger partial charge in [-0.25, -0.2) is 0 Å². The number of hydrogen-bond acceptors (Lipinski definition) is 7. The molecule has 0 radical (unpaired) electrons. The Morgan fingerprint density at radius 1 is 1.20 bits per heavy atom. The van der Waals surface area contributed by atoms with E-state index in [-0.39, 0.29) is 11.8 Å². The van der Waals surface area contributed by atoms with Gasteiger partial charge in [0.15, 0.2) is 0 Å². The molecule has 1 heterocycles. The topological polar surface area (TPSA) is 93.2 Å². The van der Waals surface area contributed by atoms with Gasteiger partial charge in [-0.15, -0.1) is 22.0 Å². The Hall–Kier alpha value is -2.39. The van der Waals surface area contributed by atoms with E-state index in [2.05, 4.69) is 26.9 Å². The van der Waals surface area contributed by atoms with E-state index in [9.17, 15) is 9.59 Å². The smallest absolute Gasteiger partial charge is 0.286 e. The summed E-state index contributed by atoms with van der Waals surface area (Å²) in [5.41, 5.74) is 2.12. The molecule has 1 aliphatic rings. The molecule has 3 rings (SSSR count). The van der Waals surface area contributed by atoms with Crippen LogP contribution in [0.25, 0.3) is 0 Å². The highest BCUT2D eigenvalue weighted by Gasteiger charge is 2.14. The van der Waals surface area contributed by atoms with E-state index in [1.165, 1.54) is 47.9 Å². The molecular weight excluding hydrogens is 420 g/mol. The van der Waals surface area contributed by atoms with Crippen LogP contribution < -0.4 is 15.4 Å². The predicted molar refractivity (Wildman–Crippen MR) is 121 cm³/mol. The largest absolute Gasteiger partial charge is 0.497 e. The van der Waals surface area contributed by atoms with Crippen LogP contribution in [0.4, 0.5) is 5.69 Å². The molecule has 1 aliphatic carbocycles. The quantitative estimate of drug-likeness (QED) is 0.535. The molecule has 2 amide bonds. The number of allylic oxidation sites excluding steroid dienone is 1. The number of benzene rings is 1. The van der Waals surface area contributed by atoms with Crippen molar-refractivity contribution in [2.24, 2.45) is 0 Å². The minimum atomic E-state index is -0.302. The van der Waals surface area contributed by atoms with Crippen LogP contribution in [-0.2, 0) is 10.5 Å². The molecular formula is C21H26N4O3S2. The Morgan fingerprint density at radius 2 is 2.03 bits per heavy atom. The maximum absolute atomic E-state index is 12.3.